The third-order valence-corrected chi connectivity index (χ3v) is 5.18. The van der Waals surface area contributed by atoms with E-state index in [0.717, 1.165) is 17.3 Å². The third kappa shape index (κ3) is 2.59. The van der Waals surface area contributed by atoms with E-state index in [-0.39, 0.29) is 15.5 Å². The number of rotatable bonds is 3. The van der Waals surface area contributed by atoms with Crippen LogP contribution in [-0.4, -0.2) is 14.0 Å². The first-order valence-corrected chi connectivity index (χ1v) is 7.47. The molecule has 0 amide bonds. The number of hydrogen-bond donors (Lipinski definition) is 1. The van der Waals surface area contributed by atoms with Gasteiger partial charge in [0.25, 0.3) is 0 Å². The predicted octanol–water partition coefficient (Wildman–Crippen LogP) is 2.93. The summed E-state index contributed by atoms with van der Waals surface area (Å²) in [5.74, 6) is 0. The predicted molar refractivity (Wildman–Crippen MR) is 67.1 cm³/mol. The Kier molecular flexibility index (Phi) is 3.07. The average molecular weight is 325 g/mol. The van der Waals surface area contributed by atoms with Crippen molar-refractivity contribution in [3.05, 3.63) is 27.7 Å². The molecule has 0 aromatic heterocycles. The molecule has 0 spiro atoms. The summed E-state index contributed by atoms with van der Waals surface area (Å²) in [4.78, 5) is 0.130. The monoisotopic (exact) mass is 323 g/mol. The van der Waals surface area contributed by atoms with Crippen molar-refractivity contribution in [2.24, 2.45) is 0 Å². The second-order valence-corrected chi connectivity index (χ2v) is 7.21. The molecule has 0 radical (unpaired) electrons. The van der Waals surface area contributed by atoms with Crippen LogP contribution >= 0.6 is 27.5 Å². The highest BCUT2D eigenvalue weighted by Crippen LogP contribution is 2.36. The van der Waals surface area contributed by atoms with Crippen LogP contribution in [-0.2, 0) is 10.0 Å². The van der Waals surface area contributed by atoms with Crippen LogP contribution in [0.5, 0.6) is 0 Å². The molecule has 1 aromatic rings. The van der Waals surface area contributed by atoms with Crippen LogP contribution in [0.15, 0.2) is 27.6 Å². The molecule has 1 N–H and O–H groups in total. The Morgan fingerprint density at radius 2 is 2.06 bits per heavy atom. The van der Waals surface area contributed by atoms with Crippen molar-refractivity contribution in [2.45, 2.75) is 30.2 Å². The smallest absolute Gasteiger partial charge is 0.207 e. The first-order valence-electron chi connectivity index (χ1n) is 4.81. The maximum atomic E-state index is 12.0. The zero-order valence-corrected chi connectivity index (χ0v) is 11.8. The van der Waals surface area contributed by atoms with Gasteiger partial charge in [0.2, 0.25) is 10.0 Å². The molecule has 0 heterocycles. The molecule has 16 heavy (non-hydrogen) atoms. The van der Waals surface area contributed by atoms with Crippen molar-refractivity contribution in [1.29, 1.82) is 0 Å². The number of benzene rings is 1. The van der Waals surface area contributed by atoms with E-state index in [9.17, 15) is 8.42 Å². The van der Waals surface area contributed by atoms with Crippen molar-refractivity contribution in [1.82, 2.24) is 4.72 Å². The maximum Gasteiger partial charge on any atom is 0.242 e. The summed E-state index contributed by atoms with van der Waals surface area (Å²) in [5.41, 5.74) is -0.283. The molecule has 0 atom stereocenters. The highest BCUT2D eigenvalue weighted by molar-refractivity contribution is 9.10. The fourth-order valence-corrected chi connectivity index (χ4v) is 3.87. The molecule has 1 aliphatic rings. The molecule has 1 aromatic carbocycles. The summed E-state index contributed by atoms with van der Waals surface area (Å²) in [6.07, 6.45) is 1.75. The van der Waals surface area contributed by atoms with Gasteiger partial charge in [-0.1, -0.05) is 27.5 Å². The van der Waals surface area contributed by atoms with Crippen molar-refractivity contribution in [2.75, 3.05) is 0 Å². The van der Waals surface area contributed by atoms with Gasteiger partial charge in [-0.25, -0.2) is 13.1 Å². The van der Waals surface area contributed by atoms with E-state index in [1.165, 1.54) is 6.07 Å². The molecular formula is C10H11BrClNO2S. The van der Waals surface area contributed by atoms with Crippen molar-refractivity contribution >= 4 is 37.6 Å². The van der Waals surface area contributed by atoms with Gasteiger partial charge in [0.05, 0.1) is 5.02 Å². The number of nitrogens with one attached hydrogen (secondary N) is 1. The first-order chi connectivity index (χ1) is 7.32. The molecule has 1 saturated carbocycles. The largest absolute Gasteiger partial charge is 0.242 e. The van der Waals surface area contributed by atoms with E-state index < -0.39 is 10.0 Å². The lowest BCUT2D eigenvalue weighted by atomic mass is 10.4. The van der Waals surface area contributed by atoms with E-state index in [4.69, 9.17) is 11.6 Å². The average Bonchev–Trinajstić information content (AvgIpc) is 2.80. The Balaban J connectivity index is 2.35. The molecule has 0 saturated heterocycles. The Labute approximate surface area is 108 Å². The van der Waals surface area contributed by atoms with Crippen LogP contribution in [0.4, 0.5) is 0 Å². The van der Waals surface area contributed by atoms with Crippen molar-refractivity contribution in [3.8, 4) is 0 Å². The number of halogens is 2. The fourth-order valence-electron chi connectivity index (χ4n) is 1.36. The molecule has 88 valence electrons. The zero-order valence-electron chi connectivity index (χ0n) is 8.63. The van der Waals surface area contributed by atoms with E-state index >= 15 is 0 Å². The third-order valence-electron chi connectivity index (χ3n) is 2.56. The lowest BCUT2D eigenvalue weighted by Crippen LogP contribution is -2.34. The second kappa shape index (κ2) is 3.98. The molecular weight excluding hydrogens is 314 g/mol. The summed E-state index contributed by atoms with van der Waals surface area (Å²) in [6, 6.07) is 4.74. The van der Waals surface area contributed by atoms with Gasteiger partial charge in [-0.2, -0.15) is 0 Å². The van der Waals surface area contributed by atoms with E-state index in [2.05, 4.69) is 20.7 Å². The minimum atomic E-state index is -3.51. The highest BCUT2D eigenvalue weighted by Gasteiger charge is 2.41. The standard InChI is InChI=1S/C10H11BrClNO2S/c1-10(4-5-10)13-16(14,15)9-3-2-7(11)6-8(9)12/h2-3,6,13H,4-5H2,1H3. The van der Waals surface area contributed by atoms with Gasteiger partial charge < -0.3 is 0 Å². The van der Waals surface area contributed by atoms with Crippen LogP contribution in [0.2, 0.25) is 5.02 Å². The number of hydrogen-bond acceptors (Lipinski definition) is 2. The second-order valence-electron chi connectivity index (χ2n) is 4.24. The van der Waals surface area contributed by atoms with Gasteiger partial charge in [0, 0.05) is 10.0 Å². The van der Waals surface area contributed by atoms with Gasteiger partial charge in [-0.05, 0) is 38.0 Å². The minimum Gasteiger partial charge on any atom is -0.207 e. The summed E-state index contributed by atoms with van der Waals surface area (Å²) < 4.78 is 27.4. The molecule has 0 bridgehead atoms. The Hall–Kier alpha value is -0.100. The van der Waals surface area contributed by atoms with Crippen LogP contribution < -0.4 is 4.72 Å². The molecule has 3 nitrogen and oxygen atoms in total. The molecule has 2 rings (SSSR count). The van der Waals surface area contributed by atoms with Crippen molar-refractivity contribution < 1.29 is 8.42 Å². The SMILES string of the molecule is CC1(NS(=O)(=O)c2ccc(Br)cc2Cl)CC1. The van der Waals surface area contributed by atoms with Gasteiger partial charge in [-0.3, -0.25) is 0 Å². The van der Waals surface area contributed by atoms with Gasteiger partial charge in [0.1, 0.15) is 4.90 Å². The van der Waals surface area contributed by atoms with Gasteiger partial charge in [-0.15, -0.1) is 0 Å². The Morgan fingerprint density at radius 3 is 2.56 bits per heavy atom. The maximum absolute atomic E-state index is 12.0. The van der Waals surface area contributed by atoms with Crippen LogP contribution in [0.1, 0.15) is 19.8 Å². The van der Waals surface area contributed by atoms with E-state index in [0.29, 0.717) is 0 Å². The Bertz CT molecular complexity index is 526. The van der Waals surface area contributed by atoms with Crippen LogP contribution in [0, 0.1) is 0 Å². The molecule has 1 aliphatic carbocycles. The zero-order chi connectivity index (χ0) is 12.0. The first kappa shape index (κ1) is 12.4. The normalized spacial score (nSPS) is 18.4. The summed E-state index contributed by atoms with van der Waals surface area (Å²) in [5, 5.41) is 0.228. The summed E-state index contributed by atoms with van der Waals surface area (Å²) >= 11 is 9.15. The minimum absolute atomic E-state index is 0.130. The van der Waals surface area contributed by atoms with Crippen molar-refractivity contribution in [3.63, 3.8) is 0 Å². The van der Waals surface area contributed by atoms with E-state index in [1.54, 1.807) is 12.1 Å². The highest BCUT2D eigenvalue weighted by atomic mass is 79.9. The van der Waals surface area contributed by atoms with Gasteiger partial charge in [0.15, 0.2) is 0 Å². The quantitative estimate of drug-likeness (QED) is 0.929. The summed E-state index contributed by atoms with van der Waals surface area (Å²) in [7, 11) is -3.51. The lowest BCUT2D eigenvalue weighted by Gasteiger charge is -2.13. The fraction of sp³-hybridized carbons (Fsp3) is 0.400. The van der Waals surface area contributed by atoms with Crippen LogP contribution in [0.3, 0.4) is 0 Å². The molecule has 6 heteroatoms. The number of sulfonamides is 1. The Morgan fingerprint density at radius 1 is 1.44 bits per heavy atom. The van der Waals surface area contributed by atoms with E-state index in [1.807, 2.05) is 6.92 Å². The lowest BCUT2D eigenvalue weighted by molar-refractivity contribution is 0.558. The van der Waals surface area contributed by atoms with Crippen LogP contribution in [0.25, 0.3) is 0 Å². The molecule has 0 aliphatic heterocycles. The van der Waals surface area contributed by atoms with Gasteiger partial charge >= 0.3 is 0 Å². The molecule has 0 unspecified atom stereocenters. The topological polar surface area (TPSA) is 46.2 Å². The molecule has 1 fully saturated rings. The summed E-state index contributed by atoms with van der Waals surface area (Å²) in [6.45, 7) is 1.89.